The fourth-order valence-corrected chi connectivity index (χ4v) is 3.03. The lowest BCUT2D eigenvalue weighted by atomic mass is 10.2. The Balaban J connectivity index is 1.63. The van der Waals surface area contributed by atoms with E-state index in [1.165, 1.54) is 5.56 Å². The van der Waals surface area contributed by atoms with E-state index in [0.29, 0.717) is 12.4 Å². The predicted octanol–water partition coefficient (Wildman–Crippen LogP) is 2.92. The van der Waals surface area contributed by atoms with E-state index in [4.69, 9.17) is 9.97 Å². The average Bonchev–Trinajstić information content (AvgIpc) is 3.29. The molecule has 1 aliphatic rings. The van der Waals surface area contributed by atoms with E-state index in [0.717, 1.165) is 54.4 Å². The van der Waals surface area contributed by atoms with E-state index < -0.39 is 0 Å². The van der Waals surface area contributed by atoms with Gasteiger partial charge >= 0.3 is 0 Å². The number of aromatic nitrogens is 5. The molecule has 4 rings (SSSR count). The number of pyridine rings is 1. The van der Waals surface area contributed by atoms with Gasteiger partial charge in [0.25, 0.3) is 0 Å². The van der Waals surface area contributed by atoms with E-state index in [1.54, 1.807) is 6.20 Å². The molecule has 0 aromatic carbocycles. The summed E-state index contributed by atoms with van der Waals surface area (Å²) in [4.78, 5) is 21.5. The van der Waals surface area contributed by atoms with Crippen LogP contribution >= 0.6 is 0 Å². The minimum atomic E-state index is 0.630. The van der Waals surface area contributed by atoms with Gasteiger partial charge in [0.1, 0.15) is 17.3 Å². The van der Waals surface area contributed by atoms with E-state index in [2.05, 4.69) is 27.2 Å². The Morgan fingerprint density at radius 2 is 2.12 bits per heavy atom. The summed E-state index contributed by atoms with van der Waals surface area (Å²) in [6, 6.07) is 5.81. The minimum absolute atomic E-state index is 0.630. The zero-order valence-corrected chi connectivity index (χ0v) is 13.7. The fourth-order valence-electron chi connectivity index (χ4n) is 3.03. The number of H-pyrrole nitrogens is 1. The summed E-state index contributed by atoms with van der Waals surface area (Å²) in [6.07, 6.45) is 7.78. The Morgan fingerprint density at radius 3 is 2.92 bits per heavy atom. The van der Waals surface area contributed by atoms with Gasteiger partial charge in [0.15, 0.2) is 5.82 Å². The fraction of sp³-hybridized carbons (Fsp3) is 0.333. The number of hydrogen-bond acceptors (Lipinski definition) is 5. The van der Waals surface area contributed by atoms with Gasteiger partial charge in [-0.25, -0.2) is 15.0 Å². The highest BCUT2D eigenvalue weighted by Gasteiger charge is 2.20. The third kappa shape index (κ3) is 2.87. The number of hydrogen-bond donors (Lipinski definition) is 2. The first-order chi connectivity index (χ1) is 11.8. The van der Waals surface area contributed by atoms with Crippen molar-refractivity contribution in [2.75, 3.05) is 5.32 Å². The van der Waals surface area contributed by atoms with Gasteiger partial charge in [0.2, 0.25) is 0 Å². The lowest BCUT2D eigenvalue weighted by Crippen LogP contribution is -2.08. The number of anilines is 1. The van der Waals surface area contributed by atoms with Crippen molar-refractivity contribution in [3.63, 3.8) is 0 Å². The molecule has 0 unspecified atom stereocenters. The van der Waals surface area contributed by atoms with Gasteiger partial charge in [-0.2, -0.15) is 0 Å². The zero-order chi connectivity index (χ0) is 16.4. The van der Waals surface area contributed by atoms with Crippen LogP contribution in [0.2, 0.25) is 0 Å². The summed E-state index contributed by atoms with van der Waals surface area (Å²) in [5.41, 5.74) is 4.33. The normalized spacial score (nSPS) is 13.0. The molecular weight excluding hydrogens is 300 g/mol. The molecule has 6 nitrogen and oxygen atoms in total. The summed E-state index contributed by atoms with van der Waals surface area (Å²) < 4.78 is 0. The number of aromatic amines is 1. The topological polar surface area (TPSA) is 79.4 Å². The average molecular weight is 320 g/mol. The maximum atomic E-state index is 4.73. The Labute approximate surface area is 140 Å². The number of aryl methyl sites for hydroxylation is 2. The van der Waals surface area contributed by atoms with Crippen LogP contribution in [0.3, 0.4) is 0 Å². The summed E-state index contributed by atoms with van der Waals surface area (Å²) in [5.74, 6) is 2.52. The van der Waals surface area contributed by atoms with E-state index >= 15 is 0 Å². The number of imidazole rings is 1. The summed E-state index contributed by atoms with van der Waals surface area (Å²) in [7, 11) is 0. The Bertz CT molecular complexity index is 840. The monoisotopic (exact) mass is 320 g/mol. The highest BCUT2D eigenvalue weighted by atomic mass is 15.1. The number of rotatable bonds is 5. The van der Waals surface area contributed by atoms with Gasteiger partial charge in [0.05, 0.1) is 6.54 Å². The van der Waals surface area contributed by atoms with E-state index in [9.17, 15) is 0 Å². The first kappa shape index (κ1) is 14.8. The first-order valence-electron chi connectivity index (χ1n) is 8.41. The van der Waals surface area contributed by atoms with Crippen LogP contribution in [0.5, 0.6) is 0 Å². The smallest absolute Gasteiger partial charge is 0.180 e. The Hall–Kier alpha value is -2.76. The lowest BCUT2D eigenvalue weighted by Gasteiger charge is -2.11. The van der Waals surface area contributed by atoms with Crippen LogP contribution in [0.4, 0.5) is 5.82 Å². The van der Waals surface area contributed by atoms with Gasteiger partial charge in [-0.1, -0.05) is 13.0 Å². The standard InChI is InChI=1S/C18H20N6/c1-2-12-10-20-16(22-12)11-21-17-13-6-5-8-14(13)23-18(24-17)15-7-3-4-9-19-15/h3-4,7,9-10H,2,5-6,8,11H2,1H3,(H,20,22)(H,21,23,24). The molecule has 6 heteroatoms. The van der Waals surface area contributed by atoms with Crippen molar-refractivity contribution < 1.29 is 0 Å². The second-order valence-corrected chi connectivity index (χ2v) is 5.95. The highest BCUT2D eigenvalue weighted by molar-refractivity contribution is 5.57. The first-order valence-corrected chi connectivity index (χ1v) is 8.41. The third-order valence-corrected chi connectivity index (χ3v) is 4.31. The molecule has 0 radical (unpaired) electrons. The van der Waals surface area contributed by atoms with Crippen LogP contribution in [-0.4, -0.2) is 24.9 Å². The molecule has 1 aliphatic carbocycles. The van der Waals surface area contributed by atoms with Crippen molar-refractivity contribution in [2.45, 2.75) is 39.2 Å². The SMILES string of the molecule is CCc1cnc(CNc2nc(-c3ccccn3)nc3c2CCC3)[nH]1. The summed E-state index contributed by atoms with van der Waals surface area (Å²) in [6.45, 7) is 2.74. The Morgan fingerprint density at radius 1 is 1.17 bits per heavy atom. The van der Waals surface area contributed by atoms with Crippen LogP contribution in [0.1, 0.15) is 36.1 Å². The van der Waals surface area contributed by atoms with E-state index in [1.807, 2.05) is 24.4 Å². The molecule has 0 amide bonds. The van der Waals surface area contributed by atoms with Crippen LogP contribution in [0.15, 0.2) is 30.6 Å². The molecule has 0 fully saturated rings. The molecule has 0 spiro atoms. The van der Waals surface area contributed by atoms with E-state index in [-0.39, 0.29) is 0 Å². The molecule has 3 aromatic rings. The zero-order valence-electron chi connectivity index (χ0n) is 13.7. The summed E-state index contributed by atoms with van der Waals surface area (Å²) in [5, 5.41) is 3.44. The van der Waals surface area contributed by atoms with Crippen molar-refractivity contribution in [1.29, 1.82) is 0 Å². The highest BCUT2D eigenvalue weighted by Crippen LogP contribution is 2.28. The molecule has 2 N–H and O–H groups in total. The van der Waals surface area contributed by atoms with Gasteiger partial charge in [0, 0.05) is 29.3 Å². The molecule has 0 bridgehead atoms. The number of nitrogens with zero attached hydrogens (tertiary/aromatic N) is 4. The van der Waals surface area contributed by atoms with Gasteiger partial charge < -0.3 is 10.3 Å². The van der Waals surface area contributed by atoms with Crippen molar-refractivity contribution in [1.82, 2.24) is 24.9 Å². The second-order valence-electron chi connectivity index (χ2n) is 5.95. The molecule has 24 heavy (non-hydrogen) atoms. The van der Waals surface area contributed by atoms with Crippen molar-refractivity contribution in [3.05, 3.63) is 53.4 Å². The van der Waals surface area contributed by atoms with Crippen molar-refractivity contribution in [2.24, 2.45) is 0 Å². The van der Waals surface area contributed by atoms with Gasteiger partial charge in [-0.05, 0) is 37.8 Å². The maximum absolute atomic E-state index is 4.73. The van der Waals surface area contributed by atoms with Crippen LogP contribution in [0.25, 0.3) is 11.5 Å². The minimum Gasteiger partial charge on any atom is -0.362 e. The van der Waals surface area contributed by atoms with Crippen molar-refractivity contribution in [3.8, 4) is 11.5 Å². The second kappa shape index (κ2) is 6.39. The lowest BCUT2D eigenvalue weighted by molar-refractivity contribution is 0.899. The molecule has 0 saturated heterocycles. The summed E-state index contributed by atoms with van der Waals surface area (Å²) >= 11 is 0. The number of fused-ring (bicyclic) bond motifs is 1. The molecule has 0 aliphatic heterocycles. The molecule has 3 heterocycles. The van der Waals surface area contributed by atoms with Crippen LogP contribution < -0.4 is 5.32 Å². The molecule has 3 aromatic heterocycles. The molecule has 0 saturated carbocycles. The van der Waals surface area contributed by atoms with Gasteiger partial charge in [-0.15, -0.1) is 0 Å². The van der Waals surface area contributed by atoms with Crippen LogP contribution in [0, 0.1) is 0 Å². The number of nitrogens with one attached hydrogen (secondary N) is 2. The third-order valence-electron chi connectivity index (χ3n) is 4.31. The quantitative estimate of drug-likeness (QED) is 0.755. The maximum Gasteiger partial charge on any atom is 0.180 e. The van der Waals surface area contributed by atoms with Crippen LogP contribution in [-0.2, 0) is 25.8 Å². The molecule has 122 valence electrons. The molecule has 0 atom stereocenters. The predicted molar refractivity (Wildman–Crippen MR) is 92.6 cm³/mol. The molecular formula is C18H20N6. The largest absolute Gasteiger partial charge is 0.362 e. The Kier molecular flexibility index (Phi) is 3.94. The van der Waals surface area contributed by atoms with Crippen molar-refractivity contribution >= 4 is 5.82 Å². The van der Waals surface area contributed by atoms with Gasteiger partial charge in [-0.3, -0.25) is 4.98 Å².